The predicted molar refractivity (Wildman–Crippen MR) is 54.1 cm³/mol. The van der Waals surface area contributed by atoms with Crippen LogP contribution in [0.1, 0.15) is 0 Å². The first-order valence-corrected chi connectivity index (χ1v) is 5.98. The van der Waals surface area contributed by atoms with Gasteiger partial charge in [0.15, 0.2) is 5.03 Å². The van der Waals surface area contributed by atoms with Crippen LogP contribution in [0.5, 0.6) is 5.75 Å². The normalized spacial score (nSPS) is 12.9. The number of alkyl halides is 3. The second-order valence-corrected chi connectivity index (χ2v) is 4.82. The number of primary sulfonamides is 1. The zero-order valence-electron chi connectivity index (χ0n) is 8.52. The maximum absolute atomic E-state index is 12.0. The second-order valence-electron chi connectivity index (χ2n) is 3.32. The molecule has 1 heterocycles. The minimum Gasteiger partial charge on any atom is -0.406 e. The third-order valence-corrected chi connectivity index (χ3v) is 2.89. The number of hydrogen-bond acceptors (Lipinski definition) is 4. The number of sulfonamides is 1. The van der Waals surface area contributed by atoms with Gasteiger partial charge in [-0.05, 0) is 18.2 Å². The standard InChI is InChI=1S/C8H6F3N3O3S/c9-8(10,11)17-4-1-2-6-5(3-4)7(14-13-6)18(12,15)16/h1-3H,(H,13,14)(H2,12,15,16). The summed E-state index contributed by atoms with van der Waals surface area (Å²) in [5.74, 6) is -0.554. The van der Waals surface area contributed by atoms with Crippen molar-refractivity contribution in [3.05, 3.63) is 18.2 Å². The number of nitrogens with one attached hydrogen (secondary N) is 1. The Balaban J connectivity index is 2.56. The molecule has 0 aliphatic heterocycles. The number of halogens is 3. The Labute approximate surface area is 98.6 Å². The largest absolute Gasteiger partial charge is 0.573 e. The highest BCUT2D eigenvalue weighted by molar-refractivity contribution is 7.89. The van der Waals surface area contributed by atoms with Crippen molar-refractivity contribution in [3.8, 4) is 5.75 Å². The van der Waals surface area contributed by atoms with Gasteiger partial charge in [-0.25, -0.2) is 13.6 Å². The summed E-state index contributed by atoms with van der Waals surface area (Å²) in [6, 6.07) is 3.09. The SMILES string of the molecule is NS(=O)(=O)c1[nH]nc2ccc(OC(F)(F)F)cc12. The van der Waals surface area contributed by atoms with Crippen LogP contribution in [0.4, 0.5) is 13.2 Å². The highest BCUT2D eigenvalue weighted by Crippen LogP contribution is 2.28. The van der Waals surface area contributed by atoms with E-state index in [1.165, 1.54) is 6.07 Å². The van der Waals surface area contributed by atoms with Gasteiger partial charge in [-0.15, -0.1) is 13.2 Å². The van der Waals surface area contributed by atoms with Gasteiger partial charge < -0.3 is 4.74 Å². The molecule has 1 aromatic carbocycles. The van der Waals surface area contributed by atoms with E-state index >= 15 is 0 Å². The van der Waals surface area contributed by atoms with Gasteiger partial charge in [0.1, 0.15) is 5.75 Å². The van der Waals surface area contributed by atoms with Gasteiger partial charge in [-0.2, -0.15) is 5.10 Å². The molecule has 0 aliphatic rings. The first kappa shape index (κ1) is 12.6. The summed E-state index contributed by atoms with van der Waals surface area (Å²) in [6.07, 6.45) is -4.86. The molecule has 2 rings (SSSR count). The minimum absolute atomic E-state index is 0.0701. The van der Waals surface area contributed by atoms with Gasteiger partial charge in [-0.3, -0.25) is 5.10 Å². The van der Waals surface area contributed by atoms with Crippen LogP contribution < -0.4 is 9.88 Å². The summed E-state index contributed by atoms with van der Waals surface area (Å²) in [5, 5.41) is 10.1. The number of aromatic nitrogens is 2. The maximum Gasteiger partial charge on any atom is 0.573 e. The molecule has 0 bridgehead atoms. The van der Waals surface area contributed by atoms with E-state index in [0.717, 1.165) is 12.1 Å². The number of H-pyrrole nitrogens is 1. The molecule has 6 nitrogen and oxygen atoms in total. The highest BCUT2D eigenvalue weighted by atomic mass is 32.2. The number of fused-ring (bicyclic) bond motifs is 1. The van der Waals surface area contributed by atoms with Crippen molar-refractivity contribution >= 4 is 20.9 Å². The molecule has 0 unspecified atom stereocenters. The Morgan fingerprint density at radius 3 is 2.56 bits per heavy atom. The van der Waals surface area contributed by atoms with E-state index in [-0.39, 0.29) is 10.9 Å². The van der Waals surface area contributed by atoms with Crippen molar-refractivity contribution in [2.75, 3.05) is 0 Å². The Hall–Kier alpha value is -1.81. The van der Waals surface area contributed by atoms with Gasteiger partial charge >= 0.3 is 6.36 Å². The summed E-state index contributed by atoms with van der Waals surface area (Å²) in [5.41, 5.74) is 0.161. The summed E-state index contributed by atoms with van der Waals surface area (Å²) in [4.78, 5) is 0. The van der Waals surface area contributed by atoms with E-state index in [9.17, 15) is 21.6 Å². The number of aromatic amines is 1. The lowest BCUT2D eigenvalue weighted by atomic mass is 10.2. The van der Waals surface area contributed by atoms with Crippen LogP contribution in [-0.4, -0.2) is 25.0 Å². The topological polar surface area (TPSA) is 98.1 Å². The fourth-order valence-corrected chi connectivity index (χ4v) is 2.02. The van der Waals surface area contributed by atoms with Crippen LogP contribution in [0.3, 0.4) is 0 Å². The number of nitrogens with zero attached hydrogens (tertiary/aromatic N) is 1. The molecule has 0 atom stereocenters. The number of rotatable bonds is 2. The average Bonchev–Trinajstić information content (AvgIpc) is 2.56. The quantitative estimate of drug-likeness (QED) is 0.861. The molecule has 0 fully saturated rings. The lowest BCUT2D eigenvalue weighted by Gasteiger charge is -2.08. The Kier molecular flexibility index (Phi) is 2.70. The van der Waals surface area contributed by atoms with Crippen LogP contribution in [0.25, 0.3) is 10.9 Å². The van der Waals surface area contributed by atoms with Crippen LogP contribution >= 0.6 is 0 Å². The first-order valence-electron chi connectivity index (χ1n) is 4.43. The number of nitrogens with two attached hydrogens (primary N) is 1. The van der Waals surface area contributed by atoms with Gasteiger partial charge in [0.2, 0.25) is 0 Å². The van der Waals surface area contributed by atoms with Crippen LogP contribution in [-0.2, 0) is 10.0 Å². The summed E-state index contributed by atoms with van der Waals surface area (Å²) >= 11 is 0. The first-order chi connectivity index (χ1) is 8.17. The lowest BCUT2D eigenvalue weighted by Crippen LogP contribution is -2.17. The molecule has 0 aliphatic carbocycles. The maximum atomic E-state index is 12.0. The van der Waals surface area contributed by atoms with Crippen molar-refractivity contribution in [1.29, 1.82) is 0 Å². The Morgan fingerprint density at radius 2 is 2.00 bits per heavy atom. The smallest absolute Gasteiger partial charge is 0.406 e. The van der Waals surface area contributed by atoms with Gasteiger partial charge in [0, 0.05) is 5.39 Å². The summed E-state index contributed by atoms with van der Waals surface area (Å²) in [6.45, 7) is 0. The van der Waals surface area contributed by atoms with Gasteiger partial charge in [0.25, 0.3) is 10.0 Å². The molecule has 1 aromatic heterocycles. The van der Waals surface area contributed by atoms with E-state index in [1.807, 2.05) is 0 Å². The number of ether oxygens (including phenoxy) is 1. The zero-order valence-corrected chi connectivity index (χ0v) is 9.34. The molecule has 18 heavy (non-hydrogen) atoms. The van der Waals surface area contributed by atoms with Crippen LogP contribution in [0.15, 0.2) is 23.2 Å². The van der Waals surface area contributed by atoms with E-state index in [4.69, 9.17) is 5.14 Å². The van der Waals surface area contributed by atoms with Crippen molar-refractivity contribution in [1.82, 2.24) is 10.2 Å². The molecule has 0 spiro atoms. The lowest BCUT2D eigenvalue weighted by molar-refractivity contribution is -0.274. The van der Waals surface area contributed by atoms with Crippen molar-refractivity contribution in [2.24, 2.45) is 5.14 Å². The summed E-state index contributed by atoms with van der Waals surface area (Å²) in [7, 11) is -4.10. The number of hydrogen-bond donors (Lipinski definition) is 2. The Morgan fingerprint density at radius 1 is 1.33 bits per heavy atom. The highest BCUT2D eigenvalue weighted by Gasteiger charge is 2.31. The molecule has 0 amide bonds. The molecule has 98 valence electrons. The van der Waals surface area contributed by atoms with Gasteiger partial charge in [-0.1, -0.05) is 0 Å². The second kappa shape index (κ2) is 3.85. The van der Waals surface area contributed by atoms with Crippen LogP contribution in [0.2, 0.25) is 0 Å². The number of benzene rings is 1. The van der Waals surface area contributed by atoms with E-state index in [2.05, 4.69) is 14.9 Å². The predicted octanol–water partition coefficient (Wildman–Crippen LogP) is 1.11. The summed E-state index contributed by atoms with van der Waals surface area (Å²) < 4.78 is 62.0. The molecule has 3 N–H and O–H groups in total. The molecular formula is C8H6F3N3O3S. The van der Waals surface area contributed by atoms with Crippen molar-refractivity contribution in [2.45, 2.75) is 11.4 Å². The van der Waals surface area contributed by atoms with Crippen LogP contribution in [0, 0.1) is 0 Å². The fraction of sp³-hybridized carbons (Fsp3) is 0.125. The third kappa shape index (κ3) is 2.54. The fourth-order valence-electron chi connectivity index (χ4n) is 1.38. The average molecular weight is 281 g/mol. The molecule has 0 saturated carbocycles. The molecule has 10 heteroatoms. The molecule has 0 saturated heterocycles. The van der Waals surface area contributed by atoms with Gasteiger partial charge in [0.05, 0.1) is 5.52 Å². The van der Waals surface area contributed by atoms with E-state index in [1.54, 1.807) is 0 Å². The molecule has 2 aromatic rings. The molecule has 0 radical (unpaired) electrons. The van der Waals surface area contributed by atoms with E-state index in [0.29, 0.717) is 0 Å². The minimum atomic E-state index is -4.86. The third-order valence-electron chi connectivity index (χ3n) is 2.01. The zero-order chi connectivity index (χ0) is 13.6. The van der Waals surface area contributed by atoms with Crippen molar-refractivity contribution in [3.63, 3.8) is 0 Å². The van der Waals surface area contributed by atoms with Crippen molar-refractivity contribution < 1.29 is 26.3 Å². The monoisotopic (exact) mass is 281 g/mol. The molecular weight excluding hydrogens is 275 g/mol. The van der Waals surface area contributed by atoms with E-state index < -0.39 is 27.2 Å². The Bertz CT molecular complexity index is 692.